The summed E-state index contributed by atoms with van der Waals surface area (Å²) >= 11 is 0. The molecule has 180 valence electrons. The predicted molar refractivity (Wildman–Crippen MR) is 132 cm³/mol. The average Bonchev–Trinajstić information content (AvgIpc) is 3.44. The topological polar surface area (TPSA) is 154 Å². The summed E-state index contributed by atoms with van der Waals surface area (Å²) in [5.41, 5.74) is 3.19. The molecule has 2 aromatic carbocycles. The van der Waals surface area contributed by atoms with E-state index in [0.29, 0.717) is 16.7 Å². The van der Waals surface area contributed by atoms with Gasteiger partial charge in [0.05, 0.1) is 22.5 Å². The smallest absolute Gasteiger partial charge is 0.270 e. The van der Waals surface area contributed by atoms with Crippen molar-refractivity contribution in [2.75, 3.05) is 5.32 Å². The van der Waals surface area contributed by atoms with Gasteiger partial charge < -0.3 is 5.32 Å². The van der Waals surface area contributed by atoms with Crippen molar-refractivity contribution >= 4 is 28.4 Å². The zero-order valence-electron chi connectivity index (χ0n) is 19.5. The van der Waals surface area contributed by atoms with Gasteiger partial charge in [0, 0.05) is 23.8 Å². The molecule has 0 aliphatic heterocycles. The number of H-pyrrole nitrogens is 1. The fraction of sp³-hybridized carbons (Fsp3) is 0.125. The van der Waals surface area contributed by atoms with Crippen LogP contribution in [0.2, 0.25) is 0 Å². The first-order valence-corrected chi connectivity index (χ1v) is 10.9. The minimum absolute atomic E-state index is 0.0713. The number of nitro benzene ring substituents is 1. The molecule has 0 fully saturated rings. The molecular weight excluding hydrogens is 464 g/mol. The summed E-state index contributed by atoms with van der Waals surface area (Å²) < 4.78 is 2.89. The molecule has 12 nitrogen and oxygen atoms in total. The molecule has 5 aromatic rings. The van der Waals surface area contributed by atoms with Crippen LogP contribution in [0.3, 0.4) is 0 Å². The fourth-order valence-corrected chi connectivity index (χ4v) is 3.85. The SMILES string of the molecule is Cc1cc(NC(=O)c2cccc([N+](=O)[O-])c2)n(-c2nc3c(cnn3-c3cccc(C)c3C)c(=O)[nH]2)n1. The van der Waals surface area contributed by atoms with Gasteiger partial charge in [0.25, 0.3) is 17.2 Å². The molecule has 0 saturated heterocycles. The number of hydrogen-bond acceptors (Lipinski definition) is 7. The Labute approximate surface area is 203 Å². The Kier molecular flexibility index (Phi) is 5.40. The summed E-state index contributed by atoms with van der Waals surface area (Å²) in [6, 6.07) is 12.7. The van der Waals surface area contributed by atoms with Crippen LogP contribution >= 0.6 is 0 Å². The van der Waals surface area contributed by atoms with E-state index < -0.39 is 16.4 Å². The Balaban J connectivity index is 1.58. The first-order chi connectivity index (χ1) is 17.2. The monoisotopic (exact) mass is 484 g/mol. The maximum Gasteiger partial charge on any atom is 0.270 e. The third kappa shape index (κ3) is 3.90. The van der Waals surface area contributed by atoms with Crippen molar-refractivity contribution in [3.05, 3.63) is 97.6 Å². The number of fused-ring (bicyclic) bond motifs is 1. The largest absolute Gasteiger partial charge is 0.306 e. The molecule has 1 amide bonds. The Morgan fingerprint density at radius 1 is 1.08 bits per heavy atom. The molecule has 0 atom stereocenters. The van der Waals surface area contributed by atoms with E-state index in [-0.39, 0.29) is 23.0 Å². The Hall–Kier alpha value is -5.13. The van der Waals surface area contributed by atoms with Crippen molar-refractivity contribution in [1.82, 2.24) is 29.5 Å². The second-order valence-corrected chi connectivity index (χ2v) is 8.25. The van der Waals surface area contributed by atoms with Gasteiger partial charge in [-0.05, 0) is 44.0 Å². The van der Waals surface area contributed by atoms with Crippen LogP contribution in [0.25, 0.3) is 22.7 Å². The van der Waals surface area contributed by atoms with Crippen molar-refractivity contribution in [2.45, 2.75) is 20.8 Å². The molecule has 2 N–H and O–H groups in total. The highest BCUT2D eigenvalue weighted by atomic mass is 16.6. The van der Waals surface area contributed by atoms with Gasteiger partial charge in [-0.1, -0.05) is 18.2 Å². The van der Waals surface area contributed by atoms with Crippen LogP contribution in [-0.4, -0.2) is 40.4 Å². The number of hydrogen-bond donors (Lipinski definition) is 2. The number of nitrogens with zero attached hydrogens (tertiary/aromatic N) is 6. The summed E-state index contributed by atoms with van der Waals surface area (Å²) in [7, 11) is 0. The molecular formula is C24H20N8O4. The molecule has 5 rings (SSSR count). The number of carbonyl (C=O) groups is 1. The zero-order chi connectivity index (χ0) is 25.6. The van der Waals surface area contributed by atoms with Gasteiger partial charge in [-0.15, -0.1) is 0 Å². The Morgan fingerprint density at radius 2 is 1.86 bits per heavy atom. The van der Waals surface area contributed by atoms with E-state index in [1.54, 1.807) is 17.7 Å². The number of anilines is 1. The molecule has 0 aliphatic carbocycles. The number of amides is 1. The lowest BCUT2D eigenvalue weighted by atomic mass is 10.1. The number of carbonyl (C=O) groups excluding carboxylic acids is 1. The van der Waals surface area contributed by atoms with Crippen molar-refractivity contribution in [3.63, 3.8) is 0 Å². The van der Waals surface area contributed by atoms with Gasteiger partial charge in [-0.3, -0.25) is 24.7 Å². The fourth-order valence-electron chi connectivity index (χ4n) is 3.85. The minimum Gasteiger partial charge on any atom is -0.306 e. The molecule has 36 heavy (non-hydrogen) atoms. The first-order valence-electron chi connectivity index (χ1n) is 10.9. The van der Waals surface area contributed by atoms with Crippen molar-refractivity contribution in [3.8, 4) is 11.6 Å². The van der Waals surface area contributed by atoms with Gasteiger partial charge in [0.1, 0.15) is 11.2 Å². The van der Waals surface area contributed by atoms with E-state index in [1.807, 2.05) is 32.0 Å². The van der Waals surface area contributed by atoms with Crippen LogP contribution in [-0.2, 0) is 0 Å². The van der Waals surface area contributed by atoms with Crippen LogP contribution in [0.5, 0.6) is 0 Å². The molecule has 0 spiro atoms. The third-order valence-electron chi connectivity index (χ3n) is 5.82. The van der Waals surface area contributed by atoms with Crippen molar-refractivity contribution < 1.29 is 9.72 Å². The molecule has 0 saturated carbocycles. The van der Waals surface area contributed by atoms with Crippen LogP contribution in [0.1, 0.15) is 27.2 Å². The second kappa shape index (κ2) is 8.58. The summed E-state index contributed by atoms with van der Waals surface area (Å²) in [6.45, 7) is 5.67. The standard InChI is InChI=1S/C24H20N8O4/c1-13-6-4-9-19(15(13)3)30-21-18(12-25-30)23(34)28-24(27-21)31-20(10-14(2)29-31)26-22(33)16-7-5-8-17(11-16)32(35)36/h4-12H,1-3H3,(H,26,33)(H,27,28,34). The van der Waals surface area contributed by atoms with E-state index >= 15 is 0 Å². The quantitative estimate of drug-likeness (QED) is 0.286. The van der Waals surface area contributed by atoms with Gasteiger partial charge in [-0.25, -0.2) is 4.68 Å². The van der Waals surface area contributed by atoms with Gasteiger partial charge >= 0.3 is 0 Å². The average molecular weight is 484 g/mol. The molecule has 0 aliphatic rings. The van der Waals surface area contributed by atoms with E-state index in [0.717, 1.165) is 16.8 Å². The van der Waals surface area contributed by atoms with E-state index in [9.17, 15) is 19.7 Å². The summed E-state index contributed by atoms with van der Waals surface area (Å²) in [5.74, 6) is -0.282. The van der Waals surface area contributed by atoms with E-state index in [1.165, 1.54) is 35.1 Å². The number of benzene rings is 2. The Bertz CT molecular complexity index is 1730. The lowest BCUT2D eigenvalue weighted by molar-refractivity contribution is -0.384. The van der Waals surface area contributed by atoms with Crippen LogP contribution in [0.15, 0.2) is 59.5 Å². The number of non-ortho nitro benzene ring substituents is 1. The maximum absolute atomic E-state index is 12.9. The maximum atomic E-state index is 12.9. The lowest BCUT2D eigenvalue weighted by Gasteiger charge is -2.11. The second-order valence-electron chi connectivity index (χ2n) is 8.25. The number of aryl methyl sites for hydroxylation is 2. The molecule has 12 heteroatoms. The first kappa shape index (κ1) is 22.7. The normalized spacial score (nSPS) is 11.1. The van der Waals surface area contributed by atoms with Gasteiger partial charge in [0.15, 0.2) is 5.65 Å². The number of rotatable bonds is 5. The van der Waals surface area contributed by atoms with E-state index in [4.69, 9.17) is 0 Å². The van der Waals surface area contributed by atoms with Crippen LogP contribution in [0.4, 0.5) is 11.5 Å². The molecule has 0 bridgehead atoms. The van der Waals surface area contributed by atoms with E-state index in [2.05, 4.69) is 25.5 Å². The molecule has 3 heterocycles. The minimum atomic E-state index is -0.580. The van der Waals surface area contributed by atoms with Crippen LogP contribution in [0, 0.1) is 30.9 Å². The van der Waals surface area contributed by atoms with Gasteiger partial charge in [-0.2, -0.15) is 19.9 Å². The molecule has 3 aromatic heterocycles. The number of aromatic nitrogens is 6. The zero-order valence-corrected chi connectivity index (χ0v) is 19.5. The van der Waals surface area contributed by atoms with Crippen LogP contribution < -0.4 is 10.9 Å². The highest BCUT2D eigenvalue weighted by Crippen LogP contribution is 2.22. The highest BCUT2D eigenvalue weighted by molar-refractivity contribution is 6.04. The molecule has 0 radical (unpaired) electrons. The highest BCUT2D eigenvalue weighted by Gasteiger charge is 2.19. The lowest BCUT2D eigenvalue weighted by Crippen LogP contribution is -2.19. The summed E-state index contributed by atoms with van der Waals surface area (Å²) in [6.07, 6.45) is 1.45. The number of nitro groups is 1. The number of aromatic amines is 1. The summed E-state index contributed by atoms with van der Waals surface area (Å²) in [4.78, 5) is 43.5. The van der Waals surface area contributed by atoms with Gasteiger partial charge in [0.2, 0.25) is 5.95 Å². The number of nitrogens with one attached hydrogen (secondary N) is 2. The Morgan fingerprint density at radius 3 is 2.64 bits per heavy atom. The van der Waals surface area contributed by atoms with Crippen molar-refractivity contribution in [1.29, 1.82) is 0 Å². The predicted octanol–water partition coefficient (Wildman–Crippen LogP) is 3.38. The van der Waals surface area contributed by atoms with Crippen molar-refractivity contribution in [2.24, 2.45) is 0 Å². The molecule has 0 unspecified atom stereocenters. The summed E-state index contributed by atoms with van der Waals surface area (Å²) in [5, 5.41) is 22.8. The third-order valence-corrected chi connectivity index (χ3v) is 5.82.